The van der Waals surface area contributed by atoms with Crippen LogP contribution in [0.4, 0.5) is 8.78 Å². The molecule has 0 bridgehead atoms. The molecule has 0 aliphatic heterocycles. The molecule has 0 radical (unpaired) electrons. The lowest BCUT2D eigenvalue weighted by Crippen LogP contribution is -2.15. The second-order valence-electron chi connectivity index (χ2n) is 7.95. The lowest BCUT2D eigenvalue weighted by Gasteiger charge is -2.27. The molecule has 0 N–H and O–H groups in total. The van der Waals surface area contributed by atoms with Crippen LogP contribution < -0.4 is 4.74 Å². The molecule has 0 atom stereocenters. The number of ether oxygens (including phenoxy) is 1. The van der Waals surface area contributed by atoms with Crippen LogP contribution in [0.1, 0.15) is 66.9 Å². The van der Waals surface area contributed by atoms with Gasteiger partial charge in [-0.15, -0.1) is 0 Å². The molecule has 1 saturated carbocycles. The van der Waals surface area contributed by atoms with E-state index in [9.17, 15) is 13.6 Å². The maximum Gasteiger partial charge on any atom is 0.343 e. The van der Waals surface area contributed by atoms with Crippen molar-refractivity contribution in [1.29, 1.82) is 0 Å². The van der Waals surface area contributed by atoms with Gasteiger partial charge in [0.25, 0.3) is 0 Å². The summed E-state index contributed by atoms with van der Waals surface area (Å²) in [5, 5.41) is 0. The molecule has 0 saturated heterocycles. The first-order chi connectivity index (χ1) is 14.0. The summed E-state index contributed by atoms with van der Waals surface area (Å²) in [7, 11) is 0. The van der Waals surface area contributed by atoms with E-state index in [0.717, 1.165) is 24.8 Å². The molecular formula is C25H28F2O2. The SMILES string of the molecule is CCCC1CCC(C(F)=C(F)c2ccc(OC(=O)c3ccc(C)cc3)cc2)CC1. The number of benzene rings is 2. The van der Waals surface area contributed by atoms with E-state index in [2.05, 4.69) is 6.92 Å². The Kier molecular flexibility index (Phi) is 7.18. The van der Waals surface area contributed by atoms with Gasteiger partial charge in [0.05, 0.1) is 5.56 Å². The highest BCUT2D eigenvalue weighted by Crippen LogP contribution is 2.39. The fraction of sp³-hybridized carbons (Fsp3) is 0.400. The van der Waals surface area contributed by atoms with E-state index in [-0.39, 0.29) is 11.5 Å². The topological polar surface area (TPSA) is 26.3 Å². The number of esters is 1. The Hall–Kier alpha value is -2.49. The van der Waals surface area contributed by atoms with Crippen LogP contribution in [0.25, 0.3) is 5.83 Å². The summed E-state index contributed by atoms with van der Waals surface area (Å²) >= 11 is 0. The highest BCUT2D eigenvalue weighted by atomic mass is 19.2. The molecule has 1 aliphatic carbocycles. The Bertz CT molecular complexity index is 845. The normalized spacial score (nSPS) is 20.1. The molecule has 4 heteroatoms. The Morgan fingerprint density at radius 2 is 1.52 bits per heavy atom. The molecule has 1 aliphatic rings. The highest BCUT2D eigenvalue weighted by molar-refractivity contribution is 5.91. The van der Waals surface area contributed by atoms with Crippen molar-refractivity contribution in [3.05, 3.63) is 71.0 Å². The van der Waals surface area contributed by atoms with Crippen LogP contribution in [-0.4, -0.2) is 5.97 Å². The summed E-state index contributed by atoms with van der Waals surface area (Å²) in [4.78, 5) is 12.2. The first kappa shape index (κ1) is 21.2. The van der Waals surface area contributed by atoms with Gasteiger partial charge in [-0.05, 0) is 74.9 Å². The summed E-state index contributed by atoms with van der Waals surface area (Å²) in [6.45, 7) is 4.10. The van der Waals surface area contributed by atoms with Crippen LogP contribution >= 0.6 is 0 Å². The summed E-state index contributed by atoms with van der Waals surface area (Å²) in [6.07, 6.45) is 5.65. The molecule has 29 heavy (non-hydrogen) atoms. The minimum absolute atomic E-state index is 0.174. The Balaban J connectivity index is 1.63. The standard InChI is InChI=1S/C25H28F2O2/c1-3-4-18-7-11-19(12-8-18)23(26)24(27)20-13-15-22(16-14-20)29-25(28)21-9-5-17(2)6-10-21/h5-6,9-10,13-16,18-19H,3-4,7-8,11-12H2,1-2H3. The first-order valence-electron chi connectivity index (χ1n) is 10.4. The molecule has 2 aromatic rings. The zero-order valence-corrected chi connectivity index (χ0v) is 17.1. The minimum Gasteiger partial charge on any atom is -0.423 e. The van der Waals surface area contributed by atoms with Crippen LogP contribution in [0.3, 0.4) is 0 Å². The van der Waals surface area contributed by atoms with Gasteiger partial charge in [0.2, 0.25) is 0 Å². The number of aryl methyl sites for hydroxylation is 1. The van der Waals surface area contributed by atoms with Crippen molar-refractivity contribution in [3.63, 3.8) is 0 Å². The van der Waals surface area contributed by atoms with Crippen LogP contribution in [0, 0.1) is 18.8 Å². The molecule has 0 aromatic heterocycles. The van der Waals surface area contributed by atoms with E-state index in [1.54, 1.807) is 12.1 Å². The molecule has 2 aromatic carbocycles. The molecule has 2 nitrogen and oxygen atoms in total. The van der Waals surface area contributed by atoms with E-state index < -0.39 is 17.6 Å². The average molecular weight is 398 g/mol. The van der Waals surface area contributed by atoms with Gasteiger partial charge >= 0.3 is 5.97 Å². The number of carbonyl (C=O) groups is 1. The van der Waals surface area contributed by atoms with E-state index >= 15 is 0 Å². The third-order valence-electron chi connectivity index (χ3n) is 5.72. The first-order valence-corrected chi connectivity index (χ1v) is 10.4. The molecule has 0 spiro atoms. The fourth-order valence-electron chi connectivity index (χ4n) is 3.95. The summed E-state index contributed by atoms with van der Waals surface area (Å²) in [6, 6.07) is 12.9. The predicted molar refractivity (Wildman–Crippen MR) is 112 cm³/mol. The number of rotatable bonds is 6. The van der Waals surface area contributed by atoms with E-state index in [1.165, 1.54) is 30.7 Å². The quantitative estimate of drug-likeness (QED) is 0.374. The van der Waals surface area contributed by atoms with Gasteiger partial charge in [0, 0.05) is 11.5 Å². The van der Waals surface area contributed by atoms with Gasteiger partial charge in [-0.1, -0.05) is 37.5 Å². The van der Waals surface area contributed by atoms with Crippen molar-refractivity contribution in [1.82, 2.24) is 0 Å². The molecule has 0 unspecified atom stereocenters. The number of hydrogen-bond donors (Lipinski definition) is 0. The number of allylic oxidation sites excluding steroid dienone is 1. The second-order valence-corrected chi connectivity index (χ2v) is 7.95. The van der Waals surface area contributed by atoms with Crippen molar-refractivity contribution in [2.24, 2.45) is 11.8 Å². The number of halogens is 2. The zero-order valence-electron chi connectivity index (χ0n) is 17.1. The lowest BCUT2D eigenvalue weighted by atomic mass is 9.79. The monoisotopic (exact) mass is 398 g/mol. The van der Waals surface area contributed by atoms with Gasteiger partial charge in [-0.2, -0.15) is 0 Å². The second kappa shape index (κ2) is 9.82. The van der Waals surface area contributed by atoms with Gasteiger partial charge in [0.1, 0.15) is 11.6 Å². The maximum absolute atomic E-state index is 14.7. The molecule has 1 fully saturated rings. The van der Waals surface area contributed by atoms with Crippen molar-refractivity contribution in [3.8, 4) is 5.75 Å². The number of carbonyl (C=O) groups excluding carboxylic acids is 1. The van der Waals surface area contributed by atoms with Gasteiger partial charge in [-0.3, -0.25) is 0 Å². The summed E-state index contributed by atoms with van der Waals surface area (Å²) < 4.78 is 34.6. The third-order valence-corrected chi connectivity index (χ3v) is 5.72. The zero-order chi connectivity index (χ0) is 20.8. The fourth-order valence-corrected chi connectivity index (χ4v) is 3.95. The number of hydrogen-bond acceptors (Lipinski definition) is 2. The van der Waals surface area contributed by atoms with Gasteiger partial charge in [-0.25, -0.2) is 13.6 Å². The van der Waals surface area contributed by atoms with E-state index in [1.807, 2.05) is 19.1 Å². The predicted octanol–water partition coefficient (Wildman–Crippen LogP) is 7.43. The van der Waals surface area contributed by atoms with Crippen molar-refractivity contribution < 1.29 is 18.3 Å². The smallest absolute Gasteiger partial charge is 0.343 e. The van der Waals surface area contributed by atoms with Crippen LogP contribution in [0.2, 0.25) is 0 Å². The van der Waals surface area contributed by atoms with E-state index in [4.69, 9.17) is 4.74 Å². The van der Waals surface area contributed by atoms with Crippen molar-refractivity contribution in [2.75, 3.05) is 0 Å². The minimum atomic E-state index is -0.805. The third kappa shape index (κ3) is 5.53. The average Bonchev–Trinajstić information content (AvgIpc) is 2.74. The summed E-state index contributed by atoms with van der Waals surface area (Å²) in [5.41, 5.74) is 1.66. The largest absolute Gasteiger partial charge is 0.423 e. The maximum atomic E-state index is 14.7. The Morgan fingerprint density at radius 1 is 0.931 bits per heavy atom. The molecular weight excluding hydrogens is 370 g/mol. The Labute approximate surface area is 171 Å². The molecule has 0 amide bonds. The highest BCUT2D eigenvalue weighted by Gasteiger charge is 2.26. The van der Waals surface area contributed by atoms with Gasteiger partial charge in [0.15, 0.2) is 5.83 Å². The van der Waals surface area contributed by atoms with Crippen molar-refractivity contribution >= 4 is 11.8 Å². The molecule has 0 heterocycles. The Morgan fingerprint density at radius 3 is 2.10 bits per heavy atom. The van der Waals surface area contributed by atoms with Crippen LogP contribution in [-0.2, 0) is 0 Å². The van der Waals surface area contributed by atoms with Crippen LogP contribution in [0.15, 0.2) is 54.4 Å². The molecule has 154 valence electrons. The van der Waals surface area contributed by atoms with Crippen molar-refractivity contribution in [2.45, 2.75) is 52.4 Å². The molecule has 3 rings (SSSR count). The van der Waals surface area contributed by atoms with Gasteiger partial charge < -0.3 is 4.74 Å². The van der Waals surface area contributed by atoms with Crippen LogP contribution in [0.5, 0.6) is 5.75 Å². The summed E-state index contributed by atoms with van der Waals surface area (Å²) in [5.74, 6) is -1.32. The van der Waals surface area contributed by atoms with E-state index in [0.29, 0.717) is 30.1 Å². The lowest BCUT2D eigenvalue weighted by molar-refractivity contribution is 0.0734.